The molecule has 0 radical (unpaired) electrons. The van der Waals surface area contributed by atoms with Crippen LogP contribution in [0.5, 0.6) is 0 Å². The number of nitrogens with zero attached hydrogens (tertiary/aromatic N) is 2. The first kappa shape index (κ1) is 16.9. The van der Waals surface area contributed by atoms with Crippen LogP contribution in [-0.2, 0) is 16.1 Å². The monoisotopic (exact) mass is 337 g/mol. The molecule has 2 aliphatic heterocycles. The van der Waals surface area contributed by atoms with Gasteiger partial charge in [-0.15, -0.1) is 11.3 Å². The molecule has 2 saturated heterocycles. The molecule has 1 aromatic rings. The summed E-state index contributed by atoms with van der Waals surface area (Å²) < 4.78 is 5.49. The number of amides is 1. The molecular formula is C17H27N3O2S. The molecule has 0 unspecified atom stereocenters. The van der Waals surface area contributed by atoms with E-state index in [2.05, 4.69) is 32.6 Å². The highest BCUT2D eigenvalue weighted by Gasteiger charge is 2.31. The van der Waals surface area contributed by atoms with Crippen molar-refractivity contribution in [1.29, 1.82) is 0 Å². The molecule has 1 amide bonds. The minimum absolute atomic E-state index is 0.0466. The molecule has 0 spiro atoms. The smallest absolute Gasteiger partial charge is 0.225 e. The van der Waals surface area contributed by atoms with Gasteiger partial charge in [0.2, 0.25) is 5.91 Å². The predicted octanol–water partition coefficient (Wildman–Crippen LogP) is 1.41. The van der Waals surface area contributed by atoms with Crippen LogP contribution in [-0.4, -0.2) is 68.2 Å². The SMILES string of the molecule is CNC(=O)[C@H]1CN(Cc2cccs2)CCN(C2CCOCC2)C1. The first-order chi connectivity index (χ1) is 11.3. The van der Waals surface area contributed by atoms with Gasteiger partial charge in [-0.1, -0.05) is 6.07 Å². The van der Waals surface area contributed by atoms with Crippen molar-refractivity contribution >= 4 is 17.2 Å². The van der Waals surface area contributed by atoms with Crippen molar-refractivity contribution in [2.24, 2.45) is 5.92 Å². The van der Waals surface area contributed by atoms with Crippen LogP contribution in [0.3, 0.4) is 0 Å². The third-order valence-electron chi connectivity index (χ3n) is 4.92. The van der Waals surface area contributed by atoms with Gasteiger partial charge < -0.3 is 10.1 Å². The molecule has 3 rings (SSSR count). The van der Waals surface area contributed by atoms with Crippen molar-refractivity contribution in [1.82, 2.24) is 15.1 Å². The van der Waals surface area contributed by atoms with Crippen LogP contribution in [0.15, 0.2) is 17.5 Å². The van der Waals surface area contributed by atoms with Gasteiger partial charge in [-0.25, -0.2) is 0 Å². The largest absolute Gasteiger partial charge is 0.381 e. The Morgan fingerprint density at radius 3 is 2.87 bits per heavy atom. The van der Waals surface area contributed by atoms with Gasteiger partial charge in [-0.2, -0.15) is 0 Å². The van der Waals surface area contributed by atoms with Gasteiger partial charge >= 0.3 is 0 Å². The van der Waals surface area contributed by atoms with Crippen LogP contribution in [0.2, 0.25) is 0 Å². The molecule has 1 N–H and O–H groups in total. The average molecular weight is 337 g/mol. The number of ether oxygens (including phenoxy) is 1. The lowest BCUT2D eigenvalue weighted by atomic mass is 10.0. The summed E-state index contributed by atoms with van der Waals surface area (Å²) in [5.41, 5.74) is 0. The molecule has 0 aliphatic carbocycles. The fraction of sp³-hybridized carbons (Fsp3) is 0.706. The molecule has 128 valence electrons. The summed E-state index contributed by atoms with van der Waals surface area (Å²) in [6, 6.07) is 4.85. The zero-order valence-electron chi connectivity index (χ0n) is 13.9. The Morgan fingerprint density at radius 1 is 1.35 bits per heavy atom. The highest BCUT2D eigenvalue weighted by atomic mass is 32.1. The molecule has 0 aromatic carbocycles. The van der Waals surface area contributed by atoms with E-state index in [1.165, 1.54) is 4.88 Å². The fourth-order valence-electron chi connectivity index (χ4n) is 3.62. The Bertz CT molecular complexity index is 488. The molecule has 1 atom stereocenters. The predicted molar refractivity (Wildman–Crippen MR) is 92.6 cm³/mol. The Hall–Kier alpha value is -0.950. The van der Waals surface area contributed by atoms with Crippen molar-refractivity contribution in [3.05, 3.63) is 22.4 Å². The van der Waals surface area contributed by atoms with Gasteiger partial charge in [0.15, 0.2) is 0 Å². The van der Waals surface area contributed by atoms with Crippen LogP contribution in [0.25, 0.3) is 0 Å². The molecular weight excluding hydrogens is 310 g/mol. The van der Waals surface area contributed by atoms with Crippen molar-refractivity contribution in [3.63, 3.8) is 0 Å². The number of hydrogen-bond donors (Lipinski definition) is 1. The third kappa shape index (κ3) is 4.53. The lowest BCUT2D eigenvalue weighted by Gasteiger charge is -2.34. The molecule has 2 aliphatic rings. The van der Waals surface area contributed by atoms with Crippen LogP contribution in [0, 0.1) is 5.92 Å². The Balaban J connectivity index is 1.67. The second-order valence-electron chi connectivity index (χ2n) is 6.46. The van der Waals surface area contributed by atoms with E-state index in [0.29, 0.717) is 6.04 Å². The van der Waals surface area contributed by atoms with Gasteiger partial charge in [0.1, 0.15) is 0 Å². The van der Waals surface area contributed by atoms with Crippen molar-refractivity contribution in [2.45, 2.75) is 25.4 Å². The number of carbonyl (C=O) groups is 1. The van der Waals surface area contributed by atoms with Gasteiger partial charge in [0.25, 0.3) is 0 Å². The van der Waals surface area contributed by atoms with Crippen LogP contribution >= 0.6 is 11.3 Å². The van der Waals surface area contributed by atoms with Crippen LogP contribution in [0.1, 0.15) is 17.7 Å². The molecule has 5 nitrogen and oxygen atoms in total. The molecule has 6 heteroatoms. The standard InChI is InChI=1S/C17H27N3O2S/c1-18-17(21)14-11-19(13-16-3-2-10-23-16)6-7-20(12-14)15-4-8-22-9-5-15/h2-3,10,14-15H,4-9,11-13H2,1H3,(H,18,21)/t14-/m0/s1. The zero-order valence-corrected chi connectivity index (χ0v) is 14.7. The average Bonchev–Trinajstić information content (AvgIpc) is 3.00. The van der Waals surface area contributed by atoms with Crippen molar-refractivity contribution < 1.29 is 9.53 Å². The number of thiophene rings is 1. The number of nitrogens with one attached hydrogen (secondary N) is 1. The molecule has 3 heterocycles. The molecule has 1 aromatic heterocycles. The lowest BCUT2D eigenvalue weighted by Crippen LogP contribution is -2.45. The zero-order chi connectivity index (χ0) is 16.1. The topological polar surface area (TPSA) is 44.8 Å². The first-order valence-corrected chi connectivity index (χ1v) is 9.42. The highest BCUT2D eigenvalue weighted by Crippen LogP contribution is 2.21. The van der Waals surface area contributed by atoms with Crippen LogP contribution in [0.4, 0.5) is 0 Å². The summed E-state index contributed by atoms with van der Waals surface area (Å²) in [5, 5.41) is 4.97. The number of rotatable bonds is 4. The van der Waals surface area contributed by atoms with E-state index < -0.39 is 0 Å². The molecule has 23 heavy (non-hydrogen) atoms. The summed E-state index contributed by atoms with van der Waals surface area (Å²) in [5.74, 6) is 0.213. The first-order valence-electron chi connectivity index (χ1n) is 8.54. The lowest BCUT2D eigenvalue weighted by molar-refractivity contribution is -0.125. The maximum absolute atomic E-state index is 12.3. The second kappa shape index (κ2) is 8.24. The molecule has 0 saturated carbocycles. The van der Waals surface area contributed by atoms with Gasteiger partial charge in [0.05, 0.1) is 5.92 Å². The third-order valence-corrected chi connectivity index (χ3v) is 5.78. The highest BCUT2D eigenvalue weighted by molar-refractivity contribution is 7.09. The molecule has 2 fully saturated rings. The Kier molecular flexibility index (Phi) is 6.05. The number of carbonyl (C=O) groups excluding carboxylic acids is 1. The summed E-state index contributed by atoms with van der Waals surface area (Å²) in [6.07, 6.45) is 2.18. The molecule has 0 bridgehead atoms. The van der Waals surface area contributed by atoms with E-state index in [1.807, 2.05) is 0 Å². The second-order valence-corrected chi connectivity index (χ2v) is 7.50. The summed E-state index contributed by atoms with van der Waals surface area (Å²) in [7, 11) is 1.75. The Morgan fingerprint density at radius 2 is 2.17 bits per heavy atom. The minimum Gasteiger partial charge on any atom is -0.381 e. The van der Waals surface area contributed by atoms with Gasteiger partial charge in [-0.3, -0.25) is 14.6 Å². The number of hydrogen-bond acceptors (Lipinski definition) is 5. The minimum atomic E-state index is 0.0466. The summed E-state index contributed by atoms with van der Waals surface area (Å²) in [6.45, 7) is 6.44. The normalized spacial score (nSPS) is 25.2. The van der Waals surface area contributed by atoms with E-state index in [-0.39, 0.29) is 11.8 Å². The van der Waals surface area contributed by atoms with Gasteiger partial charge in [0, 0.05) is 63.9 Å². The van der Waals surface area contributed by atoms with Crippen LogP contribution < -0.4 is 5.32 Å². The quantitative estimate of drug-likeness (QED) is 0.902. The van der Waals surface area contributed by atoms with Crippen molar-refractivity contribution in [2.75, 3.05) is 46.4 Å². The van der Waals surface area contributed by atoms with E-state index in [1.54, 1.807) is 18.4 Å². The van der Waals surface area contributed by atoms with Gasteiger partial charge in [-0.05, 0) is 24.3 Å². The fourth-order valence-corrected chi connectivity index (χ4v) is 4.37. The van der Waals surface area contributed by atoms with E-state index in [4.69, 9.17) is 4.74 Å². The van der Waals surface area contributed by atoms with E-state index in [0.717, 1.165) is 58.8 Å². The summed E-state index contributed by atoms with van der Waals surface area (Å²) in [4.78, 5) is 18.6. The van der Waals surface area contributed by atoms with E-state index in [9.17, 15) is 4.79 Å². The van der Waals surface area contributed by atoms with Crippen molar-refractivity contribution in [3.8, 4) is 0 Å². The maximum atomic E-state index is 12.3. The van der Waals surface area contributed by atoms with E-state index >= 15 is 0 Å². The maximum Gasteiger partial charge on any atom is 0.225 e. The Labute approximate surface area is 142 Å². The summed E-state index contributed by atoms with van der Waals surface area (Å²) >= 11 is 1.80.